The molecule has 2 aromatic rings. The summed E-state index contributed by atoms with van der Waals surface area (Å²) < 4.78 is 18.8. The van der Waals surface area contributed by atoms with Gasteiger partial charge in [0.1, 0.15) is 5.82 Å². The molecule has 0 bridgehead atoms. The van der Waals surface area contributed by atoms with Crippen LogP contribution in [0.4, 0.5) is 9.18 Å². The van der Waals surface area contributed by atoms with Gasteiger partial charge in [-0.15, -0.1) is 0 Å². The minimum absolute atomic E-state index is 0.132. The molecule has 2 amide bonds. The van der Waals surface area contributed by atoms with E-state index in [0.717, 1.165) is 0 Å². The molecule has 0 unspecified atom stereocenters. The third-order valence-electron chi connectivity index (χ3n) is 4.50. The predicted molar refractivity (Wildman–Crippen MR) is 100 cm³/mol. The summed E-state index contributed by atoms with van der Waals surface area (Å²) in [7, 11) is 0. The van der Waals surface area contributed by atoms with Gasteiger partial charge in [0.25, 0.3) is 5.91 Å². The number of carbonyl (C=O) groups is 2. The van der Waals surface area contributed by atoms with E-state index in [9.17, 15) is 14.0 Å². The molecule has 3 rings (SSSR count). The fraction of sp³-hybridized carbons (Fsp3) is 0.450. The van der Waals surface area contributed by atoms with Gasteiger partial charge in [0.15, 0.2) is 0 Å². The predicted octanol–water partition coefficient (Wildman–Crippen LogP) is 3.23. The highest BCUT2D eigenvalue weighted by molar-refractivity contribution is 6.06. The molecule has 7 heteroatoms. The molecule has 1 saturated heterocycles. The first-order chi connectivity index (χ1) is 12.8. The smallest absolute Gasteiger partial charge is 0.409 e. The zero-order valence-electron chi connectivity index (χ0n) is 15.9. The van der Waals surface area contributed by atoms with Gasteiger partial charge in [-0.3, -0.25) is 9.78 Å². The van der Waals surface area contributed by atoms with Crippen LogP contribution in [0.15, 0.2) is 24.3 Å². The lowest BCUT2D eigenvalue weighted by Crippen LogP contribution is -2.50. The van der Waals surface area contributed by atoms with Crippen LogP contribution in [-0.2, 0) is 4.74 Å². The molecule has 0 atom stereocenters. The molecule has 0 radical (unpaired) electrons. The maximum absolute atomic E-state index is 13.5. The second-order valence-corrected chi connectivity index (χ2v) is 7.22. The minimum Gasteiger partial charge on any atom is -0.449 e. The molecule has 0 saturated carbocycles. The Balaban J connectivity index is 1.71. The first kappa shape index (κ1) is 19.1. The number of pyridine rings is 1. The molecule has 2 heterocycles. The van der Waals surface area contributed by atoms with Gasteiger partial charge in [-0.05, 0) is 31.0 Å². The molecule has 1 aliphatic heterocycles. The standard InChI is InChI=1S/C20H24FN3O3/c1-13(2)12-27-20(26)24-8-6-23(7-9-24)19(25)17-10-14(3)22-18-11-15(21)4-5-16(17)18/h4-5,10-11,13H,6-9,12H2,1-3H3. The van der Waals surface area contributed by atoms with E-state index in [1.54, 1.807) is 28.9 Å². The van der Waals surface area contributed by atoms with E-state index in [4.69, 9.17) is 4.74 Å². The lowest BCUT2D eigenvalue weighted by atomic mass is 10.1. The number of ether oxygens (including phenoxy) is 1. The molecule has 0 spiro atoms. The van der Waals surface area contributed by atoms with Crippen LogP contribution in [0, 0.1) is 18.7 Å². The van der Waals surface area contributed by atoms with Crippen molar-refractivity contribution in [1.29, 1.82) is 0 Å². The van der Waals surface area contributed by atoms with Crippen LogP contribution in [0.3, 0.4) is 0 Å². The third kappa shape index (κ3) is 4.35. The zero-order chi connectivity index (χ0) is 19.6. The molecule has 0 aliphatic carbocycles. The molecule has 1 aromatic heterocycles. The molecule has 144 valence electrons. The molecule has 1 fully saturated rings. The molecule has 1 aromatic carbocycles. The van der Waals surface area contributed by atoms with Gasteiger partial charge in [0.2, 0.25) is 0 Å². The summed E-state index contributed by atoms with van der Waals surface area (Å²) in [5, 5.41) is 0.630. The van der Waals surface area contributed by atoms with Crippen molar-refractivity contribution in [2.75, 3.05) is 32.8 Å². The number of aromatic nitrogens is 1. The first-order valence-electron chi connectivity index (χ1n) is 9.13. The van der Waals surface area contributed by atoms with Crippen molar-refractivity contribution >= 4 is 22.9 Å². The second-order valence-electron chi connectivity index (χ2n) is 7.22. The Hall–Kier alpha value is -2.70. The summed E-state index contributed by atoms with van der Waals surface area (Å²) in [6, 6.07) is 5.98. The number of benzene rings is 1. The van der Waals surface area contributed by atoms with Crippen LogP contribution >= 0.6 is 0 Å². The highest BCUT2D eigenvalue weighted by atomic mass is 19.1. The monoisotopic (exact) mass is 373 g/mol. The van der Waals surface area contributed by atoms with Crippen molar-refractivity contribution in [2.24, 2.45) is 5.92 Å². The zero-order valence-corrected chi connectivity index (χ0v) is 15.9. The fourth-order valence-corrected chi connectivity index (χ4v) is 3.10. The van der Waals surface area contributed by atoms with Gasteiger partial charge in [0, 0.05) is 43.3 Å². The molecule has 6 nitrogen and oxygen atoms in total. The highest BCUT2D eigenvalue weighted by Crippen LogP contribution is 2.22. The van der Waals surface area contributed by atoms with Gasteiger partial charge in [-0.25, -0.2) is 9.18 Å². The normalized spacial score (nSPS) is 14.7. The number of fused-ring (bicyclic) bond motifs is 1. The van der Waals surface area contributed by atoms with Crippen molar-refractivity contribution in [3.8, 4) is 0 Å². The van der Waals surface area contributed by atoms with Crippen molar-refractivity contribution in [3.05, 3.63) is 41.3 Å². The Kier molecular flexibility index (Phi) is 5.58. The Morgan fingerprint density at radius 2 is 1.81 bits per heavy atom. The Morgan fingerprint density at radius 1 is 1.15 bits per heavy atom. The highest BCUT2D eigenvalue weighted by Gasteiger charge is 2.27. The van der Waals surface area contributed by atoms with Crippen LogP contribution in [0.5, 0.6) is 0 Å². The second kappa shape index (κ2) is 7.90. The van der Waals surface area contributed by atoms with E-state index >= 15 is 0 Å². The summed E-state index contributed by atoms with van der Waals surface area (Å²) in [6.45, 7) is 7.85. The van der Waals surface area contributed by atoms with E-state index in [1.165, 1.54) is 12.1 Å². The first-order valence-corrected chi connectivity index (χ1v) is 9.13. The van der Waals surface area contributed by atoms with E-state index in [0.29, 0.717) is 54.9 Å². The topological polar surface area (TPSA) is 62.7 Å². The number of nitrogens with zero attached hydrogens (tertiary/aromatic N) is 3. The van der Waals surface area contributed by atoms with Crippen LogP contribution in [0.1, 0.15) is 29.9 Å². The van der Waals surface area contributed by atoms with E-state index in [2.05, 4.69) is 4.98 Å². The summed E-state index contributed by atoms with van der Waals surface area (Å²) in [4.78, 5) is 32.7. The Labute approximate surface area is 157 Å². The van der Waals surface area contributed by atoms with E-state index in [1.807, 2.05) is 13.8 Å². The number of aryl methyl sites for hydroxylation is 1. The van der Waals surface area contributed by atoms with Gasteiger partial charge >= 0.3 is 6.09 Å². The number of hydrogen-bond donors (Lipinski definition) is 0. The lowest BCUT2D eigenvalue weighted by Gasteiger charge is -2.34. The quantitative estimate of drug-likeness (QED) is 0.829. The van der Waals surface area contributed by atoms with Crippen LogP contribution in [0.2, 0.25) is 0 Å². The molecule has 27 heavy (non-hydrogen) atoms. The maximum Gasteiger partial charge on any atom is 0.409 e. The van der Waals surface area contributed by atoms with Crippen molar-refractivity contribution in [1.82, 2.24) is 14.8 Å². The van der Waals surface area contributed by atoms with Crippen molar-refractivity contribution < 1.29 is 18.7 Å². The number of amides is 2. The number of halogens is 1. The Bertz CT molecular complexity index is 856. The number of carbonyl (C=O) groups excluding carboxylic acids is 2. The SMILES string of the molecule is Cc1cc(C(=O)N2CCN(C(=O)OCC(C)C)CC2)c2ccc(F)cc2n1. The van der Waals surface area contributed by atoms with Crippen LogP contribution < -0.4 is 0 Å². The maximum atomic E-state index is 13.5. The summed E-state index contributed by atoms with van der Waals surface area (Å²) in [6.07, 6.45) is -0.337. The van der Waals surface area contributed by atoms with Crippen LogP contribution in [-0.4, -0.2) is 59.6 Å². The van der Waals surface area contributed by atoms with E-state index in [-0.39, 0.29) is 23.7 Å². The van der Waals surface area contributed by atoms with Gasteiger partial charge < -0.3 is 14.5 Å². The van der Waals surface area contributed by atoms with E-state index < -0.39 is 0 Å². The molecular weight excluding hydrogens is 349 g/mol. The minimum atomic E-state index is -0.382. The summed E-state index contributed by atoms with van der Waals surface area (Å²) in [5.41, 5.74) is 1.63. The van der Waals surface area contributed by atoms with Crippen molar-refractivity contribution in [2.45, 2.75) is 20.8 Å². The molecule has 1 aliphatic rings. The largest absolute Gasteiger partial charge is 0.449 e. The summed E-state index contributed by atoms with van der Waals surface area (Å²) >= 11 is 0. The molecule has 0 N–H and O–H groups in total. The third-order valence-corrected chi connectivity index (χ3v) is 4.50. The number of piperazine rings is 1. The van der Waals surface area contributed by atoms with Crippen LogP contribution in [0.25, 0.3) is 10.9 Å². The summed E-state index contributed by atoms with van der Waals surface area (Å²) in [5.74, 6) is -0.232. The fourth-order valence-electron chi connectivity index (χ4n) is 3.10. The number of rotatable bonds is 3. The average Bonchev–Trinajstić information content (AvgIpc) is 2.64. The average molecular weight is 373 g/mol. The van der Waals surface area contributed by atoms with Crippen molar-refractivity contribution in [3.63, 3.8) is 0 Å². The van der Waals surface area contributed by atoms with Gasteiger partial charge in [0.05, 0.1) is 17.7 Å². The van der Waals surface area contributed by atoms with Gasteiger partial charge in [-0.2, -0.15) is 0 Å². The van der Waals surface area contributed by atoms with Gasteiger partial charge in [-0.1, -0.05) is 13.8 Å². The molecular formula is C20H24FN3O3. The Morgan fingerprint density at radius 3 is 2.48 bits per heavy atom. The number of hydrogen-bond acceptors (Lipinski definition) is 4. The lowest BCUT2D eigenvalue weighted by molar-refractivity contribution is 0.0536.